The number of fused-ring (bicyclic) bond motifs is 1. The fourth-order valence-corrected chi connectivity index (χ4v) is 1.44. The molecule has 16 heavy (non-hydrogen) atoms. The lowest BCUT2D eigenvalue weighted by Crippen LogP contribution is -2.16. The van der Waals surface area contributed by atoms with Crippen molar-refractivity contribution in [2.24, 2.45) is 5.41 Å². The highest BCUT2D eigenvalue weighted by Crippen LogP contribution is 2.21. The van der Waals surface area contributed by atoms with E-state index in [-0.39, 0.29) is 5.41 Å². The third-order valence-electron chi connectivity index (χ3n) is 2.25. The van der Waals surface area contributed by atoms with Gasteiger partial charge in [-0.3, -0.25) is 4.98 Å². The number of ether oxygens (including phenoxy) is 1. The third kappa shape index (κ3) is 2.72. The first-order chi connectivity index (χ1) is 7.54. The minimum Gasteiger partial charge on any atom is -0.493 e. The van der Waals surface area contributed by atoms with Gasteiger partial charge in [-0.25, -0.2) is 0 Å². The zero-order valence-corrected chi connectivity index (χ0v) is 10.0. The lowest BCUT2D eigenvalue weighted by atomic mass is 9.99. The molecular weight excluding hydrogens is 198 g/mol. The van der Waals surface area contributed by atoms with Gasteiger partial charge in [-0.1, -0.05) is 26.8 Å². The molecule has 0 amide bonds. The minimum absolute atomic E-state index is 0.184. The van der Waals surface area contributed by atoms with Gasteiger partial charge in [-0.15, -0.1) is 0 Å². The Hall–Kier alpha value is -1.57. The zero-order valence-electron chi connectivity index (χ0n) is 10.0. The lowest BCUT2D eigenvalue weighted by Gasteiger charge is -2.18. The molecule has 2 heteroatoms. The van der Waals surface area contributed by atoms with E-state index in [9.17, 15) is 0 Å². The number of aromatic nitrogens is 1. The molecule has 0 spiro atoms. The van der Waals surface area contributed by atoms with Crippen LogP contribution in [0.1, 0.15) is 20.8 Å². The molecule has 2 nitrogen and oxygen atoms in total. The van der Waals surface area contributed by atoms with Gasteiger partial charge in [0.05, 0.1) is 12.1 Å². The van der Waals surface area contributed by atoms with Gasteiger partial charge in [0.15, 0.2) is 0 Å². The molecule has 0 unspecified atom stereocenters. The first-order valence-electron chi connectivity index (χ1n) is 5.52. The van der Waals surface area contributed by atoms with Gasteiger partial charge >= 0.3 is 0 Å². The summed E-state index contributed by atoms with van der Waals surface area (Å²) >= 11 is 0. The van der Waals surface area contributed by atoms with E-state index in [1.807, 2.05) is 30.3 Å². The fraction of sp³-hybridized carbons (Fsp3) is 0.357. The summed E-state index contributed by atoms with van der Waals surface area (Å²) in [5.74, 6) is 0.912. The van der Waals surface area contributed by atoms with Crippen molar-refractivity contribution in [3.05, 3.63) is 36.5 Å². The Kier molecular flexibility index (Phi) is 2.82. The van der Waals surface area contributed by atoms with Gasteiger partial charge in [0.2, 0.25) is 0 Å². The van der Waals surface area contributed by atoms with E-state index in [1.165, 1.54) is 0 Å². The quantitative estimate of drug-likeness (QED) is 0.762. The van der Waals surface area contributed by atoms with E-state index in [1.54, 1.807) is 6.20 Å². The molecular formula is C14H17NO. The maximum atomic E-state index is 5.75. The Morgan fingerprint density at radius 3 is 2.75 bits per heavy atom. The molecule has 0 bridgehead atoms. The van der Waals surface area contributed by atoms with Crippen LogP contribution in [0.2, 0.25) is 0 Å². The number of pyridine rings is 1. The molecule has 0 aliphatic heterocycles. The molecule has 1 aromatic heterocycles. The number of rotatable bonds is 2. The molecule has 0 N–H and O–H groups in total. The van der Waals surface area contributed by atoms with Gasteiger partial charge in [0.1, 0.15) is 5.75 Å². The first kappa shape index (κ1) is 10.9. The van der Waals surface area contributed by atoms with Crippen LogP contribution in [-0.4, -0.2) is 11.6 Å². The standard InChI is InChI=1S/C14H17NO/c1-14(2,3)10-16-12-6-7-13-11(9-12)5-4-8-15-13/h4-9H,10H2,1-3H3. The SMILES string of the molecule is CC(C)(C)COc1ccc2ncccc2c1. The Morgan fingerprint density at radius 1 is 1.19 bits per heavy atom. The summed E-state index contributed by atoms with van der Waals surface area (Å²) in [6, 6.07) is 9.99. The van der Waals surface area contributed by atoms with Crippen molar-refractivity contribution in [3.63, 3.8) is 0 Å². The van der Waals surface area contributed by atoms with Crippen LogP contribution in [0.5, 0.6) is 5.75 Å². The van der Waals surface area contributed by atoms with E-state index in [2.05, 4.69) is 25.8 Å². The Bertz CT molecular complexity index is 485. The Balaban J connectivity index is 2.20. The Morgan fingerprint density at radius 2 is 2.00 bits per heavy atom. The van der Waals surface area contributed by atoms with E-state index < -0.39 is 0 Å². The predicted octanol–water partition coefficient (Wildman–Crippen LogP) is 3.66. The van der Waals surface area contributed by atoms with Crippen LogP contribution in [0.3, 0.4) is 0 Å². The van der Waals surface area contributed by atoms with Crippen molar-refractivity contribution in [1.82, 2.24) is 4.98 Å². The topological polar surface area (TPSA) is 22.1 Å². The second-order valence-electron chi connectivity index (χ2n) is 5.21. The summed E-state index contributed by atoms with van der Waals surface area (Å²) in [6.45, 7) is 7.21. The van der Waals surface area contributed by atoms with Crippen molar-refractivity contribution in [1.29, 1.82) is 0 Å². The molecule has 2 aromatic rings. The largest absolute Gasteiger partial charge is 0.493 e. The second kappa shape index (κ2) is 4.12. The summed E-state index contributed by atoms with van der Waals surface area (Å²) in [4.78, 5) is 4.28. The maximum Gasteiger partial charge on any atom is 0.120 e. The van der Waals surface area contributed by atoms with E-state index in [4.69, 9.17) is 4.74 Å². The smallest absolute Gasteiger partial charge is 0.120 e. The second-order valence-corrected chi connectivity index (χ2v) is 5.21. The van der Waals surface area contributed by atoms with Gasteiger partial charge in [-0.05, 0) is 29.7 Å². The molecule has 2 rings (SSSR count). The molecule has 0 aliphatic rings. The van der Waals surface area contributed by atoms with Crippen molar-refractivity contribution < 1.29 is 4.74 Å². The molecule has 84 valence electrons. The zero-order chi connectivity index (χ0) is 11.6. The van der Waals surface area contributed by atoms with Gasteiger partial charge < -0.3 is 4.74 Å². The summed E-state index contributed by atoms with van der Waals surface area (Å²) in [5.41, 5.74) is 1.19. The van der Waals surface area contributed by atoms with Crippen molar-refractivity contribution in [2.75, 3.05) is 6.61 Å². The third-order valence-corrected chi connectivity index (χ3v) is 2.25. The number of hydrogen-bond donors (Lipinski definition) is 0. The van der Waals surface area contributed by atoms with Gasteiger partial charge in [0.25, 0.3) is 0 Å². The molecule has 0 saturated heterocycles. The molecule has 1 aromatic carbocycles. The van der Waals surface area contributed by atoms with Gasteiger partial charge in [0, 0.05) is 11.6 Å². The van der Waals surface area contributed by atoms with Crippen LogP contribution in [0.15, 0.2) is 36.5 Å². The van der Waals surface area contributed by atoms with Crippen LogP contribution in [0.25, 0.3) is 10.9 Å². The average molecular weight is 215 g/mol. The lowest BCUT2D eigenvalue weighted by molar-refractivity contribution is 0.198. The maximum absolute atomic E-state index is 5.75. The molecule has 0 aliphatic carbocycles. The predicted molar refractivity (Wildman–Crippen MR) is 66.7 cm³/mol. The van der Waals surface area contributed by atoms with E-state index in [0.717, 1.165) is 23.3 Å². The highest BCUT2D eigenvalue weighted by Gasteiger charge is 2.11. The van der Waals surface area contributed by atoms with Crippen molar-refractivity contribution in [2.45, 2.75) is 20.8 Å². The summed E-state index contributed by atoms with van der Waals surface area (Å²) in [5, 5.41) is 1.12. The van der Waals surface area contributed by atoms with E-state index in [0.29, 0.717) is 0 Å². The van der Waals surface area contributed by atoms with E-state index >= 15 is 0 Å². The normalized spacial score (nSPS) is 11.7. The highest BCUT2D eigenvalue weighted by atomic mass is 16.5. The van der Waals surface area contributed by atoms with Crippen LogP contribution in [0, 0.1) is 5.41 Å². The van der Waals surface area contributed by atoms with Crippen LogP contribution >= 0.6 is 0 Å². The first-order valence-corrected chi connectivity index (χ1v) is 5.52. The van der Waals surface area contributed by atoms with Gasteiger partial charge in [-0.2, -0.15) is 0 Å². The number of benzene rings is 1. The molecule has 0 radical (unpaired) electrons. The average Bonchev–Trinajstić information content (AvgIpc) is 2.25. The fourth-order valence-electron chi connectivity index (χ4n) is 1.44. The molecule has 0 fully saturated rings. The minimum atomic E-state index is 0.184. The summed E-state index contributed by atoms with van der Waals surface area (Å²) in [7, 11) is 0. The van der Waals surface area contributed by atoms with Crippen LogP contribution in [-0.2, 0) is 0 Å². The van der Waals surface area contributed by atoms with Crippen molar-refractivity contribution in [3.8, 4) is 5.75 Å². The molecule has 1 heterocycles. The van der Waals surface area contributed by atoms with Crippen LogP contribution < -0.4 is 4.74 Å². The summed E-state index contributed by atoms with van der Waals surface area (Å²) in [6.07, 6.45) is 1.80. The summed E-state index contributed by atoms with van der Waals surface area (Å²) < 4.78 is 5.75. The van der Waals surface area contributed by atoms with Crippen LogP contribution in [0.4, 0.5) is 0 Å². The number of nitrogens with zero attached hydrogens (tertiary/aromatic N) is 1. The number of hydrogen-bond acceptors (Lipinski definition) is 2. The molecule has 0 saturated carbocycles. The monoisotopic (exact) mass is 215 g/mol. The Labute approximate surface area is 96.3 Å². The molecule has 0 atom stereocenters. The highest BCUT2D eigenvalue weighted by molar-refractivity contribution is 5.79. The van der Waals surface area contributed by atoms with Crippen molar-refractivity contribution >= 4 is 10.9 Å².